The van der Waals surface area contributed by atoms with Crippen molar-refractivity contribution in [1.82, 2.24) is 15.0 Å². The first-order valence-electron chi connectivity index (χ1n) is 13.0. The summed E-state index contributed by atoms with van der Waals surface area (Å²) in [6.07, 6.45) is 3.02. The zero-order chi connectivity index (χ0) is 25.6. The van der Waals surface area contributed by atoms with Gasteiger partial charge in [-0.15, -0.1) is 0 Å². The molecule has 1 saturated carbocycles. The van der Waals surface area contributed by atoms with Gasteiger partial charge >= 0.3 is 0 Å². The van der Waals surface area contributed by atoms with Gasteiger partial charge in [-0.2, -0.15) is 0 Å². The maximum Gasteiger partial charge on any atom is 0.292 e. The van der Waals surface area contributed by atoms with Crippen molar-refractivity contribution in [3.63, 3.8) is 0 Å². The predicted octanol–water partition coefficient (Wildman–Crippen LogP) is 4.45. The van der Waals surface area contributed by atoms with E-state index in [-0.39, 0.29) is 41.4 Å². The number of carbonyl (C=O) groups is 2. The number of likely N-dealkylation sites (tertiary alicyclic amines) is 2. The highest BCUT2D eigenvalue weighted by atomic mass is 19.1. The predicted molar refractivity (Wildman–Crippen MR) is 134 cm³/mol. The summed E-state index contributed by atoms with van der Waals surface area (Å²) < 4.78 is 19.5. The van der Waals surface area contributed by atoms with E-state index < -0.39 is 17.3 Å². The summed E-state index contributed by atoms with van der Waals surface area (Å²) in [6, 6.07) is 17.0. The van der Waals surface area contributed by atoms with Crippen LogP contribution in [0.2, 0.25) is 0 Å². The number of aliphatic hydroxyl groups is 1. The van der Waals surface area contributed by atoms with Crippen LogP contribution in [0.1, 0.15) is 54.3 Å². The maximum absolute atomic E-state index is 14.2. The fraction of sp³-hybridized carbons (Fsp3) is 0.414. The van der Waals surface area contributed by atoms with E-state index in [4.69, 9.17) is 4.52 Å². The number of aliphatic hydroxyl groups excluding tert-OH is 1. The molecule has 3 aliphatic rings. The minimum Gasteiger partial charge on any atom is -0.391 e. The van der Waals surface area contributed by atoms with Crippen LogP contribution < -0.4 is 0 Å². The molecule has 2 aliphatic heterocycles. The summed E-state index contributed by atoms with van der Waals surface area (Å²) in [5, 5.41) is 15.3. The lowest BCUT2D eigenvalue weighted by atomic mass is 9.69. The Bertz CT molecular complexity index is 1310. The fourth-order valence-electron chi connectivity index (χ4n) is 6.04. The van der Waals surface area contributed by atoms with Gasteiger partial charge in [0.1, 0.15) is 11.5 Å². The van der Waals surface area contributed by atoms with E-state index in [0.717, 1.165) is 18.4 Å². The smallest absolute Gasteiger partial charge is 0.292 e. The largest absolute Gasteiger partial charge is 0.391 e. The standard InChI is InChI=1S/C29H30FN3O4/c30-22-10-5-4-9-21(22)23-15-25(37-31-23)27(35)32-14-6-13-29(18-32)16-24(34)26(20-7-2-1-3-8-20)33(28(29)36)17-19-11-12-19/h1-5,7-10,15,19,24,26,34H,6,11-14,16-18H2/t24-,26+,29-/m1/s1. The molecule has 0 bridgehead atoms. The Kier molecular flexibility index (Phi) is 6.07. The van der Waals surface area contributed by atoms with Crippen molar-refractivity contribution in [3.05, 3.63) is 77.8 Å². The summed E-state index contributed by atoms with van der Waals surface area (Å²) in [6.45, 7) is 1.31. The monoisotopic (exact) mass is 503 g/mol. The molecule has 3 heterocycles. The van der Waals surface area contributed by atoms with Gasteiger partial charge in [0.2, 0.25) is 11.7 Å². The Morgan fingerprint density at radius 3 is 2.65 bits per heavy atom. The lowest BCUT2D eigenvalue weighted by Crippen LogP contribution is -2.61. The van der Waals surface area contributed by atoms with Crippen LogP contribution in [0.4, 0.5) is 4.39 Å². The van der Waals surface area contributed by atoms with Crippen molar-refractivity contribution in [3.8, 4) is 11.3 Å². The number of hydrogen-bond acceptors (Lipinski definition) is 5. The normalized spacial score (nSPS) is 26.1. The van der Waals surface area contributed by atoms with Gasteiger partial charge in [-0.3, -0.25) is 9.59 Å². The number of aromatic nitrogens is 1. The molecule has 0 radical (unpaired) electrons. The number of nitrogens with zero attached hydrogens (tertiary/aromatic N) is 3. The molecule has 1 aliphatic carbocycles. The summed E-state index contributed by atoms with van der Waals surface area (Å²) in [7, 11) is 0. The summed E-state index contributed by atoms with van der Waals surface area (Å²) in [5.41, 5.74) is 0.597. The van der Waals surface area contributed by atoms with Gasteiger partial charge in [-0.05, 0) is 55.7 Å². The van der Waals surface area contributed by atoms with Crippen LogP contribution in [0.5, 0.6) is 0 Å². The third-order valence-electron chi connectivity index (χ3n) is 8.04. The molecule has 2 aromatic carbocycles. The Morgan fingerprint density at radius 1 is 1.14 bits per heavy atom. The lowest BCUT2D eigenvalue weighted by molar-refractivity contribution is -0.164. The molecule has 2 amide bonds. The topological polar surface area (TPSA) is 86.9 Å². The highest BCUT2D eigenvalue weighted by molar-refractivity contribution is 5.93. The molecular weight excluding hydrogens is 473 g/mol. The lowest BCUT2D eigenvalue weighted by Gasteiger charge is -2.52. The van der Waals surface area contributed by atoms with E-state index in [0.29, 0.717) is 38.3 Å². The number of amides is 2. The third-order valence-corrected chi connectivity index (χ3v) is 8.04. The van der Waals surface area contributed by atoms with Crippen molar-refractivity contribution < 1.29 is 23.6 Å². The minimum absolute atomic E-state index is 0.0103. The Labute approximate surface area is 214 Å². The molecule has 1 N–H and O–H groups in total. The second-order valence-corrected chi connectivity index (χ2v) is 10.7. The molecule has 7 nitrogen and oxygen atoms in total. The van der Waals surface area contributed by atoms with Crippen molar-refractivity contribution in [2.45, 2.75) is 44.2 Å². The summed E-state index contributed by atoms with van der Waals surface area (Å²) in [4.78, 5) is 31.0. The molecule has 3 atom stereocenters. The highest BCUT2D eigenvalue weighted by Gasteiger charge is 2.54. The maximum atomic E-state index is 14.2. The van der Waals surface area contributed by atoms with E-state index in [1.165, 1.54) is 12.1 Å². The van der Waals surface area contributed by atoms with Gasteiger partial charge in [0, 0.05) is 31.3 Å². The quantitative estimate of drug-likeness (QED) is 0.556. The molecular formula is C29H30FN3O4. The number of benzene rings is 2. The van der Waals surface area contributed by atoms with Crippen molar-refractivity contribution in [1.29, 1.82) is 0 Å². The number of halogens is 1. The van der Waals surface area contributed by atoms with E-state index in [1.54, 1.807) is 23.1 Å². The number of rotatable bonds is 5. The van der Waals surface area contributed by atoms with E-state index in [9.17, 15) is 19.1 Å². The second-order valence-electron chi connectivity index (χ2n) is 10.7. The zero-order valence-corrected chi connectivity index (χ0v) is 20.6. The number of hydrogen-bond donors (Lipinski definition) is 1. The molecule has 1 spiro atoms. The number of carbonyl (C=O) groups excluding carboxylic acids is 2. The minimum atomic E-state index is -0.845. The Morgan fingerprint density at radius 2 is 1.89 bits per heavy atom. The summed E-state index contributed by atoms with van der Waals surface area (Å²) in [5.74, 6) is -0.339. The molecule has 192 valence electrons. The molecule has 0 unspecified atom stereocenters. The molecule has 3 fully saturated rings. The Balaban J connectivity index is 1.25. The van der Waals surface area contributed by atoms with Crippen molar-refractivity contribution in [2.75, 3.05) is 19.6 Å². The molecule has 1 aromatic heterocycles. The van der Waals surface area contributed by atoms with Crippen LogP contribution in [0.15, 0.2) is 65.2 Å². The van der Waals surface area contributed by atoms with Crippen LogP contribution in [0.3, 0.4) is 0 Å². The van der Waals surface area contributed by atoms with Gasteiger partial charge in [0.15, 0.2) is 0 Å². The first kappa shape index (κ1) is 23.9. The van der Waals surface area contributed by atoms with E-state index in [1.807, 2.05) is 35.2 Å². The van der Waals surface area contributed by atoms with Gasteiger partial charge in [-0.25, -0.2) is 4.39 Å². The molecule has 6 rings (SSSR count). The third kappa shape index (κ3) is 4.44. The molecule has 2 saturated heterocycles. The first-order chi connectivity index (χ1) is 17.9. The van der Waals surface area contributed by atoms with Crippen molar-refractivity contribution >= 4 is 11.8 Å². The molecule has 3 aromatic rings. The molecule has 37 heavy (non-hydrogen) atoms. The van der Waals surface area contributed by atoms with Gasteiger partial charge in [0.25, 0.3) is 5.91 Å². The van der Waals surface area contributed by atoms with Gasteiger partial charge in [-0.1, -0.05) is 47.6 Å². The Hall–Kier alpha value is -3.52. The number of piperidine rings is 2. The second kappa shape index (κ2) is 9.41. The average molecular weight is 504 g/mol. The summed E-state index contributed by atoms with van der Waals surface area (Å²) >= 11 is 0. The van der Waals surface area contributed by atoms with Crippen LogP contribution in [-0.4, -0.2) is 57.6 Å². The first-order valence-corrected chi connectivity index (χ1v) is 13.0. The van der Waals surface area contributed by atoms with Crippen LogP contribution in [0.25, 0.3) is 11.3 Å². The fourth-order valence-corrected chi connectivity index (χ4v) is 6.04. The zero-order valence-electron chi connectivity index (χ0n) is 20.6. The highest BCUT2D eigenvalue weighted by Crippen LogP contribution is 2.47. The van der Waals surface area contributed by atoms with Gasteiger partial charge < -0.3 is 19.4 Å². The van der Waals surface area contributed by atoms with Crippen LogP contribution >= 0.6 is 0 Å². The molecule has 8 heteroatoms. The van der Waals surface area contributed by atoms with Crippen molar-refractivity contribution in [2.24, 2.45) is 11.3 Å². The SMILES string of the molecule is O=C(c1cc(-c2ccccc2F)no1)N1CCC[C@@]2(C[C@@H](O)[C@H](c3ccccc3)N(CC3CC3)C2=O)C1. The van der Waals surface area contributed by atoms with Crippen LogP contribution in [-0.2, 0) is 4.79 Å². The van der Waals surface area contributed by atoms with Gasteiger partial charge in [0.05, 0.1) is 17.6 Å². The van der Waals surface area contributed by atoms with E-state index in [2.05, 4.69) is 5.16 Å². The average Bonchev–Trinajstić information content (AvgIpc) is 3.60. The van der Waals surface area contributed by atoms with Crippen LogP contribution in [0, 0.1) is 17.2 Å². The van der Waals surface area contributed by atoms with E-state index >= 15 is 0 Å².